The summed E-state index contributed by atoms with van der Waals surface area (Å²) in [7, 11) is 0. The van der Waals surface area contributed by atoms with Gasteiger partial charge in [0.1, 0.15) is 0 Å². The van der Waals surface area contributed by atoms with Crippen LogP contribution in [0.15, 0.2) is 91.5 Å². The predicted octanol–water partition coefficient (Wildman–Crippen LogP) is 3.92. The Morgan fingerprint density at radius 2 is 1.86 bits per heavy atom. The molecule has 1 saturated heterocycles. The number of benzene rings is 3. The van der Waals surface area contributed by atoms with Crippen molar-refractivity contribution >= 4 is 23.2 Å². The number of carbonyl (C=O) groups excluding carboxylic acids is 2. The van der Waals surface area contributed by atoms with E-state index >= 15 is 0 Å². The van der Waals surface area contributed by atoms with Crippen LogP contribution in [-0.2, 0) is 17.8 Å². The summed E-state index contributed by atoms with van der Waals surface area (Å²) in [6, 6.07) is 22.9. The first-order valence-corrected chi connectivity index (χ1v) is 14.5. The fourth-order valence-electron chi connectivity index (χ4n) is 5.27. The molecule has 9 nitrogen and oxygen atoms in total. The van der Waals surface area contributed by atoms with E-state index in [1.807, 2.05) is 72.3 Å². The zero-order chi connectivity index (χ0) is 29.3. The molecule has 3 aromatic carbocycles. The van der Waals surface area contributed by atoms with E-state index in [0.717, 1.165) is 28.9 Å². The molecule has 2 amide bonds. The molecule has 2 atom stereocenters. The molecule has 5 rings (SSSR count). The highest BCUT2D eigenvalue weighted by molar-refractivity contribution is 6.00. The second kappa shape index (κ2) is 13.9. The lowest BCUT2D eigenvalue weighted by Gasteiger charge is -2.25. The van der Waals surface area contributed by atoms with Crippen molar-refractivity contribution in [3.63, 3.8) is 0 Å². The van der Waals surface area contributed by atoms with Crippen LogP contribution in [0, 0.1) is 0 Å². The number of nitrogens with zero attached hydrogens (tertiary/aromatic N) is 3. The number of nitrogens with one attached hydrogen (secondary N) is 3. The molecule has 0 unspecified atom stereocenters. The molecule has 1 fully saturated rings. The topological polar surface area (TPSA) is 112 Å². The maximum Gasteiger partial charge on any atom is 0.251 e. The van der Waals surface area contributed by atoms with Gasteiger partial charge in [-0.2, -0.15) is 0 Å². The fraction of sp³-hybridized carbons (Fsp3) is 0.303. The van der Waals surface area contributed by atoms with Crippen molar-refractivity contribution < 1.29 is 14.7 Å². The molecule has 1 aromatic heterocycles. The average Bonchev–Trinajstić information content (AvgIpc) is 3.70. The van der Waals surface area contributed by atoms with Gasteiger partial charge < -0.3 is 30.5 Å². The van der Waals surface area contributed by atoms with Gasteiger partial charge in [0.25, 0.3) is 5.91 Å². The van der Waals surface area contributed by atoms with Gasteiger partial charge in [-0.1, -0.05) is 42.5 Å². The van der Waals surface area contributed by atoms with Crippen LogP contribution in [0.5, 0.6) is 0 Å². The summed E-state index contributed by atoms with van der Waals surface area (Å²) in [5.41, 5.74) is 5.02. The molecule has 9 heteroatoms. The largest absolute Gasteiger partial charge is 0.390 e. The number of hydrogen-bond donors (Lipinski definition) is 4. The van der Waals surface area contributed by atoms with Gasteiger partial charge in [-0.25, -0.2) is 4.98 Å². The van der Waals surface area contributed by atoms with Crippen molar-refractivity contribution in [3.8, 4) is 5.69 Å². The van der Waals surface area contributed by atoms with Gasteiger partial charge in [-0.3, -0.25) is 9.59 Å². The number of carbonyl (C=O) groups is 2. The van der Waals surface area contributed by atoms with Gasteiger partial charge in [0.2, 0.25) is 5.91 Å². The minimum Gasteiger partial charge on any atom is -0.390 e. The van der Waals surface area contributed by atoms with Gasteiger partial charge in [-0.15, -0.1) is 0 Å². The molecule has 0 radical (unpaired) electrons. The lowest BCUT2D eigenvalue weighted by Crippen LogP contribution is -2.48. The summed E-state index contributed by atoms with van der Waals surface area (Å²) < 4.78 is 1.94. The van der Waals surface area contributed by atoms with Crippen LogP contribution in [-0.4, -0.2) is 58.3 Å². The molecule has 2 heterocycles. The minimum atomic E-state index is -0.845. The molecule has 42 heavy (non-hydrogen) atoms. The van der Waals surface area contributed by atoms with Crippen molar-refractivity contribution in [3.05, 3.63) is 108 Å². The molecule has 4 N–H and O–H groups in total. The summed E-state index contributed by atoms with van der Waals surface area (Å²) >= 11 is 0. The van der Waals surface area contributed by atoms with E-state index in [1.54, 1.807) is 29.6 Å². The lowest BCUT2D eigenvalue weighted by atomic mass is 10.00. The van der Waals surface area contributed by atoms with Crippen LogP contribution < -0.4 is 20.9 Å². The highest BCUT2D eigenvalue weighted by Crippen LogP contribution is 2.27. The highest BCUT2D eigenvalue weighted by Gasteiger charge is 2.25. The molecule has 1 aliphatic rings. The number of amides is 2. The van der Waals surface area contributed by atoms with Crippen LogP contribution in [0.25, 0.3) is 5.69 Å². The number of rotatable bonds is 13. The lowest BCUT2D eigenvalue weighted by molar-refractivity contribution is -0.117. The molecular formula is C33H38N6O3. The molecule has 0 bridgehead atoms. The Labute approximate surface area is 246 Å². The molecule has 0 saturated carbocycles. The van der Waals surface area contributed by atoms with Gasteiger partial charge in [0.05, 0.1) is 18.5 Å². The highest BCUT2D eigenvalue weighted by atomic mass is 16.3. The Balaban J connectivity index is 1.29. The van der Waals surface area contributed by atoms with Crippen molar-refractivity contribution in [2.75, 3.05) is 29.9 Å². The van der Waals surface area contributed by atoms with E-state index < -0.39 is 12.1 Å². The monoisotopic (exact) mass is 566 g/mol. The third-order valence-electron chi connectivity index (χ3n) is 7.42. The predicted molar refractivity (Wildman–Crippen MR) is 165 cm³/mol. The Morgan fingerprint density at radius 1 is 1.02 bits per heavy atom. The number of hydrogen-bond acceptors (Lipinski definition) is 6. The van der Waals surface area contributed by atoms with E-state index in [4.69, 9.17) is 0 Å². The second-order valence-corrected chi connectivity index (χ2v) is 10.6. The SMILES string of the molecule is CCNc1cc(C(=O)N[C@@H](Cc2ccccc2)[C@H](O)CNCc2cccc(-n3ccnc3)c2)cc(N2CCCC2=O)c1. The van der Waals surface area contributed by atoms with Crippen molar-refractivity contribution in [1.82, 2.24) is 20.2 Å². The van der Waals surface area contributed by atoms with E-state index in [1.165, 1.54) is 0 Å². The first kappa shape index (κ1) is 29.0. The number of anilines is 2. The van der Waals surface area contributed by atoms with Gasteiger partial charge >= 0.3 is 0 Å². The van der Waals surface area contributed by atoms with Crippen molar-refractivity contribution in [1.29, 1.82) is 0 Å². The summed E-state index contributed by atoms with van der Waals surface area (Å²) in [5.74, 6) is -0.232. The summed E-state index contributed by atoms with van der Waals surface area (Å²) in [6.45, 7) is 4.16. The number of aromatic nitrogens is 2. The quantitative estimate of drug-likeness (QED) is 0.195. The molecular weight excluding hydrogens is 528 g/mol. The zero-order valence-corrected chi connectivity index (χ0v) is 23.9. The Hall–Kier alpha value is -4.47. The van der Waals surface area contributed by atoms with Crippen LogP contribution in [0.4, 0.5) is 11.4 Å². The van der Waals surface area contributed by atoms with Gasteiger partial charge in [-0.05, 0) is 61.2 Å². The third kappa shape index (κ3) is 7.43. The Morgan fingerprint density at radius 3 is 2.60 bits per heavy atom. The zero-order valence-electron chi connectivity index (χ0n) is 23.9. The normalized spacial score (nSPS) is 14.5. The average molecular weight is 567 g/mol. The molecule has 1 aliphatic heterocycles. The number of imidazole rings is 1. The van der Waals surface area contributed by atoms with Crippen LogP contribution >= 0.6 is 0 Å². The third-order valence-corrected chi connectivity index (χ3v) is 7.42. The minimum absolute atomic E-state index is 0.0639. The smallest absolute Gasteiger partial charge is 0.251 e. The van der Waals surface area contributed by atoms with E-state index in [0.29, 0.717) is 43.7 Å². The fourth-order valence-corrected chi connectivity index (χ4v) is 5.27. The summed E-state index contributed by atoms with van der Waals surface area (Å²) in [5, 5.41) is 21.0. The maximum absolute atomic E-state index is 13.6. The summed E-state index contributed by atoms with van der Waals surface area (Å²) in [6.07, 6.45) is 6.33. The molecule has 218 valence electrons. The van der Waals surface area contributed by atoms with Crippen LogP contribution in [0.1, 0.15) is 41.3 Å². The van der Waals surface area contributed by atoms with E-state index in [2.05, 4.69) is 27.0 Å². The molecule has 0 aliphatic carbocycles. The van der Waals surface area contributed by atoms with Gasteiger partial charge in [0.15, 0.2) is 0 Å². The number of aliphatic hydroxyl groups excluding tert-OH is 1. The first-order chi connectivity index (χ1) is 20.5. The second-order valence-electron chi connectivity index (χ2n) is 10.6. The maximum atomic E-state index is 13.6. The molecule has 4 aromatic rings. The van der Waals surface area contributed by atoms with Crippen LogP contribution in [0.3, 0.4) is 0 Å². The van der Waals surface area contributed by atoms with Crippen molar-refractivity contribution in [2.45, 2.75) is 44.9 Å². The van der Waals surface area contributed by atoms with E-state index in [-0.39, 0.29) is 18.4 Å². The molecule has 0 spiro atoms. The summed E-state index contributed by atoms with van der Waals surface area (Å²) in [4.78, 5) is 31.9. The Bertz CT molecular complexity index is 1470. The van der Waals surface area contributed by atoms with E-state index in [9.17, 15) is 14.7 Å². The van der Waals surface area contributed by atoms with Gasteiger partial charge in [0, 0.05) is 67.6 Å². The standard InChI is InChI=1S/C33H38N6O3/c1-2-36-27-18-26(19-29(20-27)39-14-7-12-32(39)41)33(42)37-30(17-24-8-4-3-5-9-24)31(40)22-35-21-25-10-6-11-28(16-25)38-15-13-34-23-38/h3-6,8-11,13,15-16,18-20,23,30-31,35-36,40H,2,7,12,14,17,21-22H2,1H3,(H,37,42)/t30-,31+/m0/s1. The van der Waals surface area contributed by atoms with Crippen LogP contribution in [0.2, 0.25) is 0 Å². The number of aliphatic hydroxyl groups is 1. The van der Waals surface area contributed by atoms with Crippen molar-refractivity contribution in [2.24, 2.45) is 0 Å². The first-order valence-electron chi connectivity index (χ1n) is 14.5. The Kier molecular flexibility index (Phi) is 9.63.